The highest BCUT2D eigenvalue weighted by Gasteiger charge is 2.50. The quantitative estimate of drug-likeness (QED) is 0.555. The number of ketones is 1. The molecule has 1 aliphatic rings. The molecule has 5 nitrogen and oxygen atoms in total. The molecule has 0 fully saturated rings. The van der Waals surface area contributed by atoms with Gasteiger partial charge in [0.2, 0.25) is 0 Å². The van der Waals surface area contributed by atoms with Crippen molar-refractivity contribution in [2.45, 2.75) is 12.0 Å². The molecule has 1 amide bonds. The van der Waals surface area contributed by atoms with Crippen molar-refractivity contribution in [2.24, 2.45) is 0 Å². The van der Waals surface area contributed by atoms with E-state index in [9.17, 15) is 14.7 Å². The minimum Gasteiger partial charge on any atom is -0.375 e. The van der Waals surface area contributed by atoms with Crippen LogP contribution in [-0.4, -0.2) is 27.9 Å². The summed E-state index contributed by atoms with van der Waals surface area (Å²) < 4.78 is 1.93. The van der Waals surface area contributed by atoms with Crippen molar-refractivity contribution in [3.63, 3.8) is 0 Å². The van der Waals surface area contributed by atoms with Gasteiger partial charge in [-0.3, -0.25) is 14.5 Å². The number of nitrogens with zero attached hydrogens (tertiary/aromatic N) is 2. The summed E-state index contributed by atoms with van der Waals surface area (Å²) in [5.41, 5.74) is 0.396. The molecule has 0 saturated carbocycles. The first-order valence-corrected chi connectivity index (χ1v) is 8.88. The van der Waals surface area contributed by atoms with Gasteiger partial charge in [-0.15, -0.1) is 6.42 Å². The van der Waals surface area contributed by atoms with Crippen molar-refractivity contribution >= 4 is 17.4 Å². The molecular formula is C23H18N2O3. The summed E-state index contributed by atoms with van der Waals surface area (Å²) in [6.07, 6.45) is 8.85. The maximum atomic E-state index is 12.9. The van der Waals surface area contributed by atoms with E-state index in [1.165, 1.54) is 4.90 Å². The fourth-order valence-electron chi connectivity index (χ4n) is 3.59. The van der Waals surface area contributed by atoms with E-state index >= 15 is 0 Å². The highest BCUT2D eigenvalue weighted by molar-refractivity contribution is 6.11. The summed E-state index contributed by atoms with van der Waals surface area (Å²) in [6.45, 7) is 0.0396. The molecule has 1 N–H and O–H groups in total. The van der Waals surface area contributed by atoms with Crippen LogP contribution < -0.4 is 4.90 Å². The molecule has 0 radical (unpaired) electrons. The maximum Gasteiger partial charge on any atom is 0.265 e. The predicted octanol–water partition coefficient (Wildman–Crippen LogP) is 2.92. The topological polar surface area (TPSA) is 62.5 Å². The second-order valence-corrected chi connectivity index (χ2v) is 6.71. The van der Waals surface area contributed by atoms with Crippen molar-refractivity contribution in [1.82, 2.24) is 4.57 Å². The zero-order valence-corrected chi connectivity index (χ0v) is 15.1. The predicted molar refractivity (Wildman–Crippen MR) is 106 cm³/mol. The lowest BCUT2D eigenvalue weighted by Crippen LogP contribution is -2.42. The van der Waals surface area contributed by atoms with Crippen molar-refractivity contribution in [1.29, 1.82) is 0 Å². The van der Waals surface area contributed by atoms with Crippen molar-refractivity contribution in [2.75, 3.05) is 11.4 Å². The van der Waals surface area contributed by atoms with Gasteiger partial charge >= 0.3 is 0 Å². The number of aromatic nitrogens is 1. The number of amides is 1. The Hall–Kier alpha value is -3.62. The molecule has 2 aromatic carbocycles. The van der Waals surface area contributed by atoms with Gasteiger partial charge in [0, 0.05) is 29.2 Å². The number of anilines is 1. The van der Waals surface area contributed by atoms with Crippen molar-refractivity contribution in [3.8, 4) is 18.0 Å². The van der Waals surface area contributed by atoms with Crippen molar-refractivity contribution < 1.29 is 14.7 Å². The molecule has 28 heavy (non-hydrogen) atoms. The number of carbonyl (C=O) groups is 2. The Bertz CT molecular complexity index is 1080. The number of para-hydroxylation sites is 1. The van der Waals surface area contributed by atoms with Gasteiger partial charge in [-0.1, -0.05) is 24.1 Å². The molecule has 3 aromatic rings. The SMILES string of the molecule is C#CCN1C(=O)[C@@](O)(CC(=O)c2ccc(-n3cccc3)cc2)c2ccccc21. The molecule has 0 saturated heterocycles. The van der Waals surface area contributed by atoms with Gasteiger partial charge in [-0.05, 0) is 42.5 Å². The number of benzene rings is 2. The third-order valence-electron chi connectivity index (χ3n) is 5.00. The molecule has 138 valence electrons. The van der Waals surface area contributed by atoms with Crippen LogP contribution in [0.3, 0.4) is 0 Å². The Morgan fingerprint density at radius 1 is 1.04 bits per heavy atom. The van der Waals surface area contributed by atoms with Gasteiger partial charge in [-0.2, -0.15) is 0 Å². The number of hydrogen-bond acceptors (Lipinski definition) is 3. The first-order valence-electron chi connectivity index (χ1n) is 8.88. The van der Waals surface area contributed by atoms with Gasteiger partial charge in [0.1, 0.15) is 0 Å². The van der Waals surface area contributed by atoms with E-state index in [-0.39, 0.29) is 18.7 Å². The van der Waals surface area contributed by atoms with Crippen LogP contribution in [-0.2, 0) is 10.4 Å². The van der Waals surface area contributed by atoms with E-state index in [1.807, 2.05) is 41.2 Å². The molecule has 1 atom stereocenters. The number of Topliss-reactive ketones (excluding diaryl/α,β-unsaturated/α-hetero) is 1. The molecule has 0 bridgehead atoms. The average Bonchev–Trinajstić information content (AvgIpc) is 3.32. The number of terminal acetylenes is 1. The summed E-state index contributed by atoms with van der Waals surface area (Å²) in [4.78, 5) is 27.1. The van der Waals surface area contributed by atoms with Gasteiger partial charge < -0.3 is 9.67 Å². The first kappa shape index (κ1) is 17.8. The third kappa shape index (κ3) is 2.81. The molecular weight excluding hydrogens is 352 g/mol. The summed E-state index contributed by atoms with van der Waals surface area (Å²) in [6, 6.07) is 17.8. The number of carbonyl (C=O) groups excluding carboxylic acids is 2. The standard InChI is InChI=1S/C23H18N2O3/c1-2-13-25-20-8-4-3-7-19(20)23(28,22(25)27)16-21(26)17-9-11-18(12-10-17)24-14-5-6-15-24/h1,3-12,14-15,28H,13,16H2/t23-/m1/s1. The van der Waals surface area contributed by atoms with Crippen LogP contribution in [0.2, 0.25) is 0 Å². The van der Waals surface area contributed by atoms with Crippen LogP contribution in [0.15, 0.2) is 73.1 Å². The highest BCUT2D eigenvalue weighted by Crippen LogP contribution is 2.42. The van der Waals surface area contributed by atoms with Gasteiger partial charge in [-0.25, -0.2) is 0 Å². The molecule has 2 heterocycles. The Labute approximate surface area is 162 Å². The highest BCUT2D eigenvalue weighted by atomic mass is 16.3. The number of hydrogen-bond donors (Lipinski definition) is 1. The Balaban J connectivity index is 1.62. The van der Waals surface area contributed by atoms with E-state index in [1.54, 1.807) is 36.4 Å². The Kier molecular flexibility index (Phi) is 4.34. The minimum atomic E-state index is -1.91. The maximum absolute atomic E-state index is 12.9. The average molecular weight is 370 g/mol. The zero-order chi connectivity index (χ0) is 19.7. The van der Waals surface area contributed by atoms with Gasteiger partial charge in [0.05, 0.1) is 18.7 Å². The Morgan fingerprint density at radius 3 is 2.39 bits per heavy atom. The molecule has 1 aliphatic heterocycles. The minimum absolute atomic E-state index is 0.0396. The lowest BCUT2D eigenvalue weighted by atomic mass is 9.88. The summed E-state index contributed by atoms with van der Waals surface area (Å²) in [5, 5.41) is 11.2. The lowest BCUT2D eigenvalue weighted by Gasteiger charge is -2.22. The van der Waals surface area contributed by atoms with Crippen LogP contribution in [0.4, 0.5) is 5.69 Å². The molecule has 0 unspecified atom stereocenters. The van der Waals surface area contributed by atoms with Gasteiger partial charge in [0.15, 0.2) is 11.4 Å². The third-order valence-corrected chi connectivity index (χ3v) is 5.00. The largest absolute Gasteiger partial charge is 0.375 e. The first-order chi connectivity index (χ1) is 13.5. The van der Waals surface area contributed by atoms with Crippen LogP contribution in [0, 0.1) is 12.3 Å². The molecule has 1 aromatic heterocycles. The van der Waals surface area contributed by atoms with E-state index in [2.05, 4.69) is 5.92 Å². The van der Waals surface area contributed by atoms with Crippen LogP contribution in [0.5, 0.6) is 0 Å². The number of aliphatic hydroxyl groups is 1. The summed E-state index contributed by atoms with van der Waals surface area (Å²) in [7, 11) is 0. The molecule has 0 aliphatic carbocycles. The van der Waals surface area contributed by atoms with E-state index < -0.39 is 11.5 Å². The number of fused-ring (bicyclic) bond motifs is 1. The Morgan fingerprint density at radius 2 is 1.71 bits per heavy atom. The van der Waals surface area contributed by atoms with E-state index in [0.29, 0.717) is 16.8 Å². The fraction of sp³-hybridized carbons (Fsp3) is 0.130. The van der Waals surface area contributed by atoms with E-state index in [0.717, 1.165) is 5.69 Å². The lowest BCUT2D eigenvalue weighted by molar-refractivity contribution is -0.135. The van der Waals surface area contributed by atoms with Crippen molar-refractivity contribution in [3.05, 3.63) is 84.2 Å². The molecule has 0 spiro atoms. The second kappa shape index (κ2) is 6.84. The van der Waals surface area contributed by atoms with E-state index in [4.69, 9.17) is 6.42 Å². The normalized spacial score (nSPS) is 18.0. The van der Waals surface area contributed by atoms with Crippen LogP contribution in [0.25, 0.3) is 5.69 Å². The second-order valence-electron chi connectivity index (χ2n) is 6.71. The summed E-state index contributed by atoms with van der Waals surface area (Å²) in [5.74, 6) is 1.55. The monoisotopic (exact) mass is 370 g/mol. The number of rotatable bonds is 5. The van der Waals surface area contributed by atoms with Crippen LogP contribution >= 0.6 is 0 Å². The molecule has 5 heteroatoms. The smallest absolute Gasteiger partial charge is 0.265 e. The summed E-state index contributed by atoms with van der Waals surface area (Å²) >= 11 is 0. The zero-order valence-electron chi connectivity index (χ0n) is 15.1. The van der Waals surface area contributed by atoms with Crippen LogP contribution in [0.1, 0.15) is 22.3 Å². The molecule has 4 rings (SSSR count). The fourth-order valence-corrected chi connectivity index (χ4v) is 3.59. The van der Waals surface area contributed by atoms with Gasteiger partial charge in [0.25, 0.3) is 5.91 Å².